The van der Waals surface area contributed by atoms with Crippen LogP contribution in [0.5, 0.6) is 0 Å². The average molecular weight is 788 g/mol. The first kappa shape index (κ1) is 42.9. The van der Waals surface area contributed by atoms with Gasteiger partial charge < -0.3 is 39.6 Å². The number of esters is 1. The molecule has 1 amide bonds. The Morgan fingerprint density at radius 3 is 1.57 bits per heavy atom. The molecule has 0 saturated carbocycles. The van der Waals surface area contributed by atoms with Crippen molar-refractivity contribution in [2.45, 2.75) is 69.6 Å². The third-order valence-corrected chi connectivity index (χ3v) is 9.94. The Kier molecular flexibility index (Phi) is 15.7. The number of carbonyl (C=O) groups excluding carboxylic acids is 3. The van der Waals surface area contributed by atoms with Gasteiger partial charge in [0.2, 0.25) is 0 Å². The van der Waals surface area contributed by atoms with E-state index in [1.54, 1.807) is 0 Å². The van der Waals surface area contributed by atoms with E-state index >= 15 is 0 Å². The van der Waals surface area contributed by atoms with Crippen LogP contribution in [-0.4, -0.2) is 80.0 Å². The highest BCUT2D eigenvalue weighted by Gasteiger charge is 2.29. The minimum Gasteiger partial charge on any atom is -0.599 e. The van der Waals surface area contributed by atoms with E-state index in [0.29, 0.717) is 25.5 Å². The summed E-state index contributed by atoms with van der Waals surface area (Å²) in [6, 6.07) is 30.7. The molecule has 0 aromatic heterocycles. The summed E-state index contributed by atoms with van der Waals surface area (Å²) >= 11 is 0. The number of fused-ring (bicyclic) bond motifs is 6. The third kappa shape index (κ3) is 10.8. The number of amides is 1. The van der Waals surface area contributed by atoms with E-state index in [4.69, 9.17) is 14.2 Å². The van der Waals surface area contributed by atoms with E-state index in [1.165, 1.54) is 17.2 Å². The maximum Gasteiger partial charge on any atom is 0.325 e. The molecule has 3 atom stereocenters. The van der Waals surface area contributed by atoms with Crippen LogP contribution in [0, 0.1) is 0 Å². The Labute approximate surface area is 338 Å². The predicted octanol–water partition coefficient (Wildman–Crippen LogP) is 4.81. The van der Waals surface area contributed by atoms with E-state index in [2.05, 4.69) is 46.1 Å². The molecule has 0 aliphatic heterocycles. The van der Waals surface area contributed by atoms with Crippen molar-refractivity contribution in [1.29, 1.82) is 0 Å². The van der Waals surface area contributed by atoms with Crippen molar-refractivity contribution in [3.8, 4) is 22.3 Å². The number of nitrogens with zero attached hydrogens (tertiary/aromatic N) is 2. The number of carbonyl (C=O) groups is 3. The molecule has 4 aromatic carbocycles. The van der Waals surface area contributed by atoms with Gasteiger partial charge in [0.25, 0.3) is 5.91 Å². The fraction of sp³-hybridized carbons (Fsp3) is 0.326. The smallest absolute Gasteiger partial charge is 0.325 e. The Morgan fingerprint density at radius 2 is 1.16 bits per heavy atom. The number of rotatable bonds is 17. The van der Waals surface area contributed by atoms with Crippen LogP contribution in [0.1, 0.15) is 73.6 Å². The van der Waals surface area contributed by atoms with E-state index in [9.17, 15) is 29.7 Å². The van der Waals surface area contributed by atoms with Gasteiger partial charge in [0.1, 0.15) is 37.6 Å². The van der Waals surface area contributed by atoms with Gasteiger partial charge in [-0.3, -0.25) is 19.6 Å². The molecule has 58 heavy (non-hydrogen) atoms. The number of aldehydes is 1. The molecule has 0 saturated heterocycles. The standard InChI is InChI=1S/C26H30N2O6.C20H21NO3/c1-3-9-22(24(30)25(31)27-15-23(29)33-14-4-2)28-26(32)34-16-21-19-12-7-5-10-17(19)18-11-6-8-13-20(18)21;1-2-7-14(12-22)21-20(23)24-13-19-17-10-5-3-8-15(17)16-9-4-6-11-18(16)19/h4-8,10-13,21-22,24,30H,2-3,9,14-16H2,1H3,(H,27,31)(H,28,32);3-6,8-12,14,19H,2,7,13H2,1H3,(H,21,23)/p-2/t22-,24?;14-/m00/s1. The van der Waals surface area contributed by atoms with Crippen LogP contribution in [0.2, 0.25) is 0 Å². The van der Waals surface area contributed by atoms with Crippen LogP contribution in [0.25, 0.3) is 22.3 Å². The van der Waals surface area contributed by atoms with Gasteiger partial charge >= 0.3 is 5.97 Å². The first-order chi connectivity index (χ1) is 28.2. The maximum atomic E-state index is 12.5. The summed E-state index contributed by atoms with van der Waals surface area (Å²) in [4.78, 5) is 42.5. The van der Waals surface area contributed by atoms with Gasteiger partial charge in [-0.2, -0.15) is 0 Å². The fourth-order valence-electron chi connectivity index (χ4n) is 7.22. The zero-order chi connectivity index (χ0) is 41.4. The number of aliphatic hydroxyl groups is 1. The van der Waals surface area contributed by atoms with Gasteiger partial charge in [-0.15, -0.1) is 0 Å². The molecule has 0 bridgehead atoms. The summed E-state index contributed by atoms with van der Waals surface area (Å²) in [5.74, 6) is -1.59. The van der Waals surface area contributed by atoms with Gasteiger partial charge in [0.05, 0.1) is 6.04 Å². The first-order valence-electron chi connectivity index (χ1n) is 19.5. The zero-order valence-electron chi connectivity index (χ0n) is 32.8. The lowest BCUT2D eigenvalue weighted by Crippen LogP contribution is -2.44. The number of aliphatic hydroxyl groups excluding tert-OH is 1. The average Bonchev–Trinajstić information content (AvgIpc) is 3.75. The molecule has 0 heterocycles. The summed E-state index contributed by atoms with van der Waals surface area (Å²) in [5, 5.41) is 37.1. The Hall–Kier alpha value is -6.27. The van der Waals surface area contributed by atoms with Crippen molar-refractivity contribution >= 4 is 30.3 Å². The number of nitrogens with one attached hydrogen (secondary N) is 1. The molecule has 0 fully saturated rings. The Balaban J connectivity index is 0.000000234. The molecule has 12 nitrogen and oxygen atoms in total. The molecule has 2 aliphatic rings. The van der Waals surface area contributed by atoms with Crippen LogP contribution in [0.3, 0.4) is 0 Å². The highest BCUT2D eigenvalue weighted by molar-refractivity contribution is 5.86. The molecular formula is C46H49N3O9-2. The lowest BCUT2D eigenvalue weighted by Gasteiger charge is -2.24. The molecule has 2 aliphatic carbocycles. The molecule has 0 radical (unpaired) electrons. The van der Waals surface area contributed by atoms with Crippen LogP contribution in [0.15, 0.2) is 120 Å². The number of benzene rings is 4. The van der Waals surface area contributed by atoms with Crippen molar-refractivity contribution in [3.63, 3.8) is 0 Å². The summed E-state index contributed by atoms with van der Waals surface area (Å²) < 4.78 is 15.6. The third-order valence-electron chi connectivity index (χ3n) is 9.94. The van der Waals surface area contributed by atoms with Crippen molar-refractivity contribution in [3.05, 3.63) is 132 Å². The lowest BCUT2D eigenvalue weighted by molar-refractivity contribution is -0.252. The topological polar surface area (TPSA) is 182 Å². The molecule has 1 unspecified atom stereocenters. The first-order valence-corrected chi connectivity index (χ1v) is 19.5. The second kappa shape index (κ2) is 21.3. The van der Waals surface area contributed by atoms with Crippen LogP contribution < -0.4 is 15.5 Å². The minimum atomic E-state index is -1.60. The molecular weight excluding hydrogens is 739 g/mol. The van der Waals surface area contributed by atoms with Gasteiger partial charge in [-0.25, -0.2) is 0 Å². The van der Waals surface area contributed by atoms with Gasteiger partial charge in [0.15, 0.2) is 6.10 Å². The predicted molar refractivity (Wildman–Crippen MR) is 218 cm³/mol. The summed E-state index contributed by atoms with van der Waals surface area (Å²) in [6.07, 6.45) is 1.21. The number of ether oxygens (including phenoxy) is 3. The fourth-order valence-corrected chi connectivity index (χ4v) is 7.22. The monoisotopic (exact) mass is 787 g/mol. The second-order valence-corrected chi connectivity index (χ2v) is 13.8. The molecule has 304 valence electrons. The van der Waals surface area contributed by atoms with Crippen molar-refractivity contribution < 1.29 is 43.9 Å². The number of aliphatic imine (C=N–C) groups is 2. The number of hydrogen-bond acceptors (Lipinski definition) is 11. The lowest BCUT2D eigenvalue weighted by atomic mass is 9.98. The summed E-state index contributed by atoms with van der Waals surface area (Å²) in [5.41, 5.74) is 9.05. The highest BCUT2D eigenvalue weighted by atomic mass is 16.6. The molecule has 0 spiro atoms. The molecule has 6 rings (SSSR count). The Bertz CT molecular complexity index is 2010. The summed E-state index contributed by atoms with van der Waals surface area (Å²) in [7, 11) is 0. The Morgan fingerprint density at radius 1 is 0.724 bits per heavy atom. The SMILES string of the molecule is C=CCOC(=O)CNC(=O)C(O)[C@H](CCC)N=C([O-])OCC1c2ccccc2-c2ccccc21.CCC[C@@H](C=O)N=C([O-])OCC1c2ccccc2-c2ccccc21. The second-order valence-electron chi connectivity index (χ2n) is 13.8. The summed E-state index contributed by atoms with van der Waals surface area (Å²) in [6.45, 7) is 7.15. The van der Waals surface area contributed by atoms with Crippen molar-refractivity contribution in [1.82, 2.24) is 5.32 Å². The molecule has 2 N–H and O–H groups in total. The largest absolute Gasteiger partial charge is 0.599 e. The number of hydrogen-bond donors (Lipinski definition) is 2. The van der Waals surface area contributed by atoms with E-state index in [-0.39, 0.29) is 31.7 Å². The van der Waals surface area contributed by atoms with Crippen LogP contribution >= 0.6 is 0 Å². The van der Waals surface area contributed by atoms with E-state index in [0.717, 1.165) is 39.8 Å². The van der Waals surface area contributed by atoms with Gasteiger partial charge in [-0.1, -0.05) is 136 Å². The van der Waals surface area contributed by atoms with Crippen molar-refractivity contribution in [2.24, 2.45) is 9.98 Å². The molecule has 12 heteroatoms. The normalized spacial score (nSPS) is 14.6. The van der Waals surface area contributed by atoms with Gasteiger partial charge in [0, 0.05) is 25.0 Å². The van der Waals surface area contributed by atoms with Crippen LogP contribution in [-0.2, 0) is 28.6 Å². The molecule has 4 aromatic rings. The highest BCUT2D eigenvalue weighted by Crippen LogP contribution is 2.45. The zero-order valence-corrected chi connectivity index (χ0v) is 32.8. The quantitative estimate of drug-likeness (QED) is 0.0499. The minimum absolute atomic E-state index is 0.0115. The van der Waals surface area contributed by atoms with E-state index < -0.39 is 48.8 Å². The van der Waals surface area contributed by atoms with Crippen molar-refractivity contribution in [2.75, 3.05) is 26.4 Å². The van der Waals surface area contributed by atoms with Crippen LogP contribution in [0.4, 0.5) is 0 Å². The maximum absolute atomic E-state index is 12.5. The van der Waals surface area contributed by atoms with Gasteiger partial charge in [-0.05, 0) is 57.3 Å². The van der Waals surface area contributed by atoms with E-state index in [1.807, 2.05) is 86.6 Å².